The van der Waals surface area contributed by atoms with Crippen LogP contribution >= 0.6 is 0 Å². The van der Waals surface area contributed by atoms with Crippen molar-refractivity contribution >= 4 is 11.6 Å². The van der Waals surface area contributed by atoms with Crippen molar-refractivity contribution in [1.29, 1.82) is 0 Å². The maximum atomic E-state index is 12.6. The molecule has 2 aromatic carbocycles. The summed E-state index contributed by atoms with van der Waals surface area (Å²) in [7, 11) is 0. The zero-order valence-corrected chi connectivity index (χ0v) is 17.8. The number of carbonyl (C=O) groups excluding carboxylic acids is 1. The van der Waals surface area contributed by atoms with Gasteiger partial charge in [0.25, 0.3) is 0 Å². The number of likely N-dealkylation sites (tertiary alicyclic amines) is 1. The lowest BCUT2D eigenvalue weighted by atomic mass is 9.85. The molecule has 2 heterocycles. The summed E-state index contributed by atoms with van der Waals surface area (Å²) in [6, 6.07) is 15.9. The van der Waals surface area contributed by atoms with E-state index in [1.165, 1.54) is 12.1 Å². The van der Waals surface area contributed by atoms with Gasteiger partial charge >= 0.3 is 6.61 Å². The average molecular weight is 446 g/mol. The molecule has 2 atom stereocenters. The molecule has 172 valence electrons. The van der Waals surface area contributed by atoms with Crippen molar-refractivity contribution in [1.82, 2.24) is 4.90 Å². The molecule has 2 aliphatic heterocycles. The van der Waals surface area contributed by atoms with Crippen molar-refractivity contribution in [2.75, 3.05) is 31.6 Å². The van der Waals surface area contributed by atoms with Crippen molar-refractivity contribution in [2.24, 2.45) is 0 Å². The fraction of sp³-hybridized carbons (Fsp3) is 0.458. The Morgan fingerprint density at radius 3 is 2.62 bits per heavy atom. The first-order valence-corrected chi connectivity index (χ1v) is 10.9. The van der Waals surface area contributed by atoms with E-state index in [1.807, 2.05) is 30.3 Å². The zero-order valence-electron chi connectivity index (χ0n) is 17.8. The zero-order chi connectivity index (χ0) is 22.4. The van der Waals surface area contributed by atoms with Gasteiger partial charge in [-0.25, -0.2) is 0 Å². The number of amides is 1. The van der Waals surface area contributed by atoms with Crippen LogP contribution in [-0.4, -0.2) is 55.4 Å². The summed E-state index contributed by atoms with van der Waals surface area (Å²) in [5.74, 6) is -0.119. The standard InChI is InChI=1S/C24H28F2N2O4/c25-23(26)32-20-9-7-19(8-10-20)27-22(29)16-28-13-12-24(11-4-14-31-24)21(15-28)30-17-18-5-2-1-3-6-18/h1-3,5-10,21,23H,4,11-17H2,(H,27,29)/t21-,24-/m1/s1. The van der Waals surface area contributed by atoms with Crippen LogP contribution in [0.5, 0.6) is 5.75 Å². The fourth-order valence-corrected chi connectivity index (χ4v) is 4.41. The average Bonchev–Trinajstić information content (AvgIpc) is 3.25. The third-order valence-electron chi connectivity index (χ3n) is 6.02. The second-order valence-electron chi connectivity index (χ2n) is 8.24. The summed E-state index contributed by atoms with van der Waals surface area (Å²) in [5.41, 5.74) is 1.36. The van der Waals surface area contributed by atoms with Crippen LogP contribution in [0.2, 0.25) is 0 Å². The number of benzene rings is 2. The number of nitrogens with one attached hydrogen (secondary N) is 1. The van der Waals surface area contributed by atoms with E-state index in [2.05, 4.69) is 15.0 Å². The first kappa shape index (κ1) is 22.6. The van der Waals surface area contributed by atoms with E-state index in [0.29, 0.717) is 18.8 Å². The molecule has 2 saturated heterocycles. The van der Waals surface area contributed by atoms with Gasteiger partial charge in [-0.1, -0.05) is 30.3 Å². The number of nitrogens with zero attached hydrogens (tertiary/aromatic N) is 1. The molecule has 0 aromatic heterocycles. The van der Waals surface area contributed by atoms with Crippen LogP contribution in [0.4, 0.5) is 14.5 Å². The Morgan fingerprint density at radius 2 is 1.94 bits per heavy atom. The fourth-order valence-electron chi connectivity index (χ4n) is 4.41. The molecule has 2 fully saturated rings. The maximum absolute atomic E-state index is 12.6. The molecule has 1 spiro atoms. The molecule has 0 bridgehead atoms. The minimum absolute atomic E-state index is 0.0503. The molecule has 0 saturated carbocycles. The number of rotatable bonds is 8. The predicted octanol–water partition coefficient (Wildman–Crippen LogP) is 4.07. The van der Waals surface area contributed by atoms with E-state index in [9.17, 15) is 13.6 Å². The van der Waals surface area contributed by atoms with Gasteiger partial charge in [-0.3, -0.25) is 9.69 Å². The number of alkyl halides is 2. The maximum Gasteiger partial charge on any atom is 0.387 e. The molecule has 4 rings (SSSR count). The van der Waals surface area contributed by atoms with E-state index >= 15 is 0 Å². The summed E-state index contributed by atoms with van der Waals surface area (Å²) < 4.78 is 41.3. The van der Waals surface area contributed by atoms with Crippen LogP contribution in [0.15, 0.2) is 54.6 Å². The molecular weight excluding hydrogens is 418 g/mol. The Bertz CT molecular complexity index is 873. The van der Waals surface area contributed by atoms with Crippen LogP contribution in [0.3, 0.4) is 0 Å². The molecule has 8 heteroatoms. The minimum atomic E-state index is -2.88. The molecule has 6 nitrogen and oxygen atoms in total. The van der Waals surface area contributed by atoms with Gasteiger partial charge in [0.2, 0.25) is 5.91 Å². The third-order valence-corrected chi connectivity index (χ3v) is 6.02. The first-order valence-electron chi connectivity index (χ1n) is 10.9. The number of piperidine rings is 1. The van der Waals surface area contributed by atoms with E-state index < -0.39 is 6.61 Å². The Balaban J connectivity index is 1.33. The second kappa shape index (κ2) is 10.4. The van der Waals surface area contributed by atoms with E-state index in [1.54, 1.807) is 12.1 Å². The molecule has 0 radical (unpaired) electrons. The third kappa shape index (κ3) is 5.82. The summed E-state index contributed by atoms with van der Waals surface area (Å²) in [5, 5.41) is 2.81. The van der Waals surface area contributed by atoms with Crippen LogP contribution in [0, 0.1) is 0 Å². The lowest BCUT2D eigenvalue weighted by Crippen LogP contribution is -2.57. The van der Waals surface area contributed by atoms with Crippen LogP contribution in [-0.2, 0) is 20.9 Å². The van der Waals surface area contributed by atoms with E-state index in [-0.39, 0.29) is 29.9 Å². The Morgan fingerprint density at radius 1 is 1.16 bits per heavy atom. The first-order chi connectivity index (χ1) is 15.5. The Kier molecular flexibility index (Phi) is 7.34. The molecule has 1 N–H and O–H groups in total. The predicted molar refractivity (Wildman–Crippen MR) is 116 cm³/mol. The van der Waals surface area contributed by atoms with Gasteiger partial charge in [0.15, 0.2) is 0 Å². The summed E-state index contributed by atoms with van der Waals surface area (Å²) in [6.45, 7) is -0.0444. The van der Waals surface area contributed by atoms with Crippen molar-refractivity contribution in [3.63, 3.8) is 0 Å². The SMILES string of the molecule is O=C(CN1CC[C@]2(CCCO2)[C@H](OCc2ccccc2)C1)Nc1ccc(OC(F)F)cc1. The number of halogens is 2. The quantitative estimate of drug-likeness (QED) is 0.663. The molecule has 2 aromatic rings. The lowest BCUT2D eigenvalue weighted by Gasteiger charge is -2.44. The van der Waals surface area contributed by atoms with Gasteiger partial charge in [0.1, 0.15) is 5.75 Å². The Hall–Kier alpha value is -2.55. The molecule has 32 heavy (non-hydrogen) atoms. The highest BCUT2D eigenvalue weighted by atomic mass is 19.3. The minimum Gasteiger partial charge on any atom is -0.435 e. The van der Waals surface area contributed by atoms with Crippen molar-refractivity contribution in [2.45, 2.75) is 44.2 Å². The largest absolute Gasteiger partial charge is 0.435 e. The number of ether oxygens (including phenoxy) is 3. The summed E-state index contributed by atoms with van der Waals surface area (Å²) in [6.07, 6.45) is 2.70. The monoisotopic (exact) mass is 446 g/mol. The molecule has 1 amide bonds. The highest BCUT2D eigenvalue weighted by molar-refractivity contribution is 5.92. The van der Waals surface area contributed by atoms with E-state index in [0.717, 1.165) is 38.0 Å². The summed E-state index contributed by atoms with van der Waals surface area (Å²) >= 11 is 0. The molecular formula is C24H28F2N2O4. The summed E-state index contributed by atoms with van der Waals surface area (Å²) in [4.78, 5) is 14.6. The number of carbonyl (C=O) groups is 1. The topological polar surface area (TPSA) is 60.0 Å². The number of anilines is 1. The lowest BCUT2D eigenvalue weighted by molar-refractivity contribution is -0.159. The van der Waals surface area contributed by atoms with Crippen molar-refractivity contribution in [3.05, 3.63) is 60.2 Å². The van der Waals surface area contributed by atoms with Crippen LogP contribution in [0.1, 0.15) is 24.8 Å². The number of hydrogen-bond acceptors (Lipinski definition) is 5. The smallest absolute Gasteiger partial charge is 0.387 e. The van der Waals surface area contributed by atoms with Crippen molar-refractivity contribution < 1.29 is 27.8 Å². The van der Waals surface area contributed by atoms with Gasteiger partial charge in [0, 0.05) is 25.4 Å². The molecule has 0 unspecified atom stereocenters. The van der Waals surface area contributed by atoms with Gasteiger partial charge in [-0.2, -0.15) is 8.78 Å². The van der Waals surface area contributed by atoms with E-state index in [4.69, 9.17) is 9.47 Å². The highest BCUT2D eigenvalue weighted by Crippen LogP contribution is 2.38. The normalized spacial score (nSPS) is 23.5. The Labute approximate surface area is 186 Å². The van der Waals surface area contributed by atoms with Crippen molar-refractivity contribution in [3.8, 4) is 5.75 Å². The van der Waals surface area contributed by atoms with Crippen LogP contribution in [0.25, 0.3) is 0 Å². The molecule has 0 aliphatic carbocycles. The number of hydrogen-bond donors (Lipinski definition) is 1. The van der Waals surface area contributed by atoms with Gasteiger partial charge < -0.3 is 19.5 Å². The molecule has 2 aliphatic rings. The highest BCUT2D eigenvalue weighted by Gasteiger charge is 2.47. The van der Waals surface area contributed by atoms with Crippen LogP contribution < -0.4 is 10.1 Å². The second-order valence-corrected chi connectivity index (χ2v) is 8.24. The van der Waals surface area contributed by atoms with Gasteiger partial charge in [0.05, 0.1) is 24.9 Å². The van der Waals surface area contributed by atoms with Gasteiger partial charge in [-0.15, -0.1) is 0 Å². The van der Waals surface area contributed by atoms with Gasteiger partial charge in [-0.05, 0) is 49.1 Å².